The lowest BCUT2D eigenvalue weighted by molar-refractivity contribution is -0.136. The highest BCUT2D eigenvalue weighted by Gasteiger charge is 2.14. The Morgan fingerprint density at radius 3 is 2.29 bits per heavy atom. The fraction of sp³-hybridized carbons (Fsp3) is 0.176. The van der Waals surface area contributed by atoms with Gasteiger partial charge in [-0.15, -0.1) is 0 Å². The van der Waals surface area contributed by atoms with Crippen molar-refractivity contribution in [2.45, 2.75) is 19.3 Å². The van der Waals surface area contributed by atoms with E-state index in [-0.39, 0.29) is 35.8 Å². The van der Waals surface area contributed by atoms with Crippen molar-refractivity contribution in [1.82, 2.24) is 0 Å². The average molecular weight is 355 g/mol. The lowest BCUT2D eigenvalue weighted by Crippen LogP contribution is -2.12. The monoisotopic (exact) mass is 354 g/mol. The maximum Gasteiger partial charge on any atom is 0.311 e. The first-order chi connectivity index (χ1) is 11.5. The molecule has 0 aliphatic heterocycles. The number of benzene rings is 2. The van der Waals surface area contributed by atoms with Crippen LogP contribution in [0.1, 0.15) is 19.3 Å². The number of hydrogen-bond acceptors (Lipinski definition) is 4. The SMILES string of the molecule is O=C(CCCC(=O)Oc1c(F)cccc1Cl)Oc1cccc(F)c1. The van der Waals surface area contributed by atoms with Crippen LogP contribution in [0.4, 0.5) is 8.78 Å². The van der Waals surface area contributed by atoms with E-state index in [1.807, 2.05) is 0 Å². The molecule has 2 rings (SSSR count). The highest BCUT2D eigenvalue weighted by molar-refractivity contribution is 6.32. The van der Waals surface area contributed by atoms with Crippen LogP contribution < -0.4 is 9.47 Å². The molecule has 0 spiro atoms. The average Bonchev–Trinajstić information content (AvgIpc) is 2.51. The van der Waals surface area contributed by atoms with Gasteiger partial charge in [0.05, 0.1) is 5.02 Å². The lowest BCUT2D eigenvalue weighted by atomic mass is 10.2. The first kappa shape index (κ1) is 17.9. The van der Waals surface area contributed by atoms with Crippen molar-refractivity contribution in [2.24, 2.45) is 0 Å². The van der Waals surface area contributed by atoms with Crippen LogP contribution in [0.25, 0.3) is 0 Å². The minimum atomic E-state index is -0.749. The Bertz CT molecular complexity index is 729. The van der Waals surface area contributed by atoms with E-state index in [0.717, 1.165) is 12.1 Å². The van der Waals surface area contributed by atoms with Gasteiger partial charge in [0.25, 0.3) is 0 Å². The Balaban J connectivity index is 1.77. The van der Waals surface area contributed by atoms with Gasteiger partial charge in [-0.05, 0) is 30.7 Å². The molecule has 0 aliphatic rings. The molecular weight excluding hydrogens is 342 g/mol. The van der Waals surface area contributed by atoms with Crippen molar-refractivity contribution in [3.63, 3.8) is 0 Å². The zero-order valence-electron chi connectivity index (χ0n) is 12.4. The zero-order chi connectivity index (χ0) is 17.5. The van der Waals surface area contributed by atoms with Gasteiger partial charge in [-0.1, -0.05) is 23.7 Å². The van der Waals surface area contributed by atoms with Gasteiger partial charge in [0, 0.05) is 18.9 Å². The summed E-state index contributed by atoms with van der Waals surface area (Å²) < 4.78 is 36.2. The first-order valence-corrected chi connectivity index (χ1v) is 7.44. The molecule has 0 saturated carbocycles. The zero-order valence-corrected chi connectivity index (χ0v) is 13.2. The van der Waals surface area contributed by atoms with Crippen LogP contribution in [0.2, 0.25) is 5.02 Å². The molecule has 0 saturated heterocycles. The van der Waals surface area contributed by atoms with E-state index in [2.05, 4.69) is 0 Å². The van der Waals surface area contributed by atoms with Gasteiger partial charge in [0.15, 0.2) is 11.6 Å². The summed E-state index contributed by atoms with van der Waals surface area (Å²) in [5.41, 5.74) is 0. The quantitative estimate of drug-likeness (QED) is 0.573. The summed E-state index contributed by atoms with van der Waals surface area (Å²) in [6.45, 7) is 0. The summed E-state index contributed by atoms with van der Waals surface area (Å²) in [6, 6.07) is 9.04. The number of carbonyl (C=O) groups excluding carboxylic acids is 2. The fourth-order valence-corrected chi connectivity index (χ4v) is 2.04. The van der Waals surface area contributed by atoms with E-state index in [1.54, 1.807) is 0 Å². The van der Waals surface area contributed by atoms with E-state index in [0.29, 0.717) is 0 Å². The largest absolute Gasteiger partial charge is 0.426 e. The van der Waals surface area contributed by atoms with Crippen LogP contribution in [0.5, 0.6) is 11.5 Å². The topological polar surface area (TPSA) is 52.6 Å². The number of halogens is 3. The minimum Gasteiger partial charge on any atom is -0.426 e. The maximum atomic E-state index is 13.5. The summed E-state index contributed by atoms with van der Waals surface area (Å²) in [4.78, 5) is 23.2. The number of para-hydroxylation sites is 1. The fourth-order valence-electron chi connectivity index (χ4n) is 1.83. The van der Waals surface area contributed by atoms with E-state index in [9.17, 15) is 18.4 Å². The predicted molar refractivity (Wildman–Crippen MR) is 82.9 cm³/mol. The molecule has 0 amide bonds. The van der Waals surface area contributed by atoms with Gasteiger partial charge in [-0.3, -0.25) is 9.59 Å². The minimum absolute atomic E-state index is 0.0196. The van der Waals surface area contributed by atoms with Crippen molar-refractivity contribution >= 4 is 23.5 Å². The van der Waals surface area contributed by atoms with Crippen molar-refractivity contribution < 1.29 is 27.8 Å². The third-order valence-electron chi connectivity index (χ3n) is 2.92. The Kier molecular flexibility index (Phi) is 6.26. The van der Waals surface area contributed by atoms with Crippen LogP contribution >= 0.6 is 11.6 Å². The normalized spacial score (nSPS) is 10.3. The van der Waals surface area contributed by atoms with Crippen molar-refractivity contribution in [3.8, 4) is 11.5 Å². The van der Waals surface area contributed by atoms with Gasteiger partial charge in [0.1, 0.15) is 11.6 Å². The predicted octanol–water partition coefficient (Wildman–Crippen LogP) is 4.30. The summed E-state index contributed by atoms with van der Waals surface area (Å²) in [6.07, 6.45) is -0.0570. The molecule has 4 nitrogen and oxygen atoms in total. The molecule has 0 fully saturated rings. The highest BCUT2D eigenvalue weighted by Crippen LogP contribution is 2.27. The number of hydrogen-bond donors (Lipinski definition) is 0. The van der Waals surface area contributed by atoms with E-state index in [1.165, 1.54) is 30.3 Å². The molecule has 0 bridgehead atoms. The van der Waals surface area contributed by atoms with Gasteiger partial charge >= 0.3 is 11.9 Å². The standard InChI is InChI=1S/C17H13ClF2O4/c18-13-6-2-7-14(20)17(13)24-16(22)9-3-8-15(21)23-12-5-1-4-11(19)10-12/h1-2,4-7,10H,3,8-9H2. The van der Waals surface area contributed by atoms with Gasteiger partial charge < -0.3 is 9.47 Å². The molecule has 0 radical (unpaired) electrons. The van der Waals surface area contributed by atoms with Crippen molar-refractivity contribution in [3.05, 3.63) is 59.1 Å². The molecular formula is C17H13ClF2O4. The highest BCUT2D eigenvalue weighted by atomic mass is 35.5. The molecule has 0 unspecified atom stereocenters. The smallest absolute Gasteiger partial charge is 0.311 e. The van der Waals surface area contributed by atoms with Crippen LogP contribution in [0.3, 0.4) is 0 Å². The Morgan fingerprint density at radius 2 is 1.62 bits per heavy atom. The molecule has 0 heterocycles. The number of rotatable bonds is 6. The summed E-state index contributed by atoms with van der Waals surface area (Å²) in [5, 5.41) is -0.0196. The molecule has 0 N–H and O–H groups in total. The van der Waals surface area contributed by atoms with Gasteiger partial charge in [0.2, 0.25) is 0 Å². The Labute approximate surface area is 141 Å². The molecule has 126 valence electrons. The second-order valence-electron chi connectivity index (χ2n) is 4.81. The van der Waals surface area contributed by atoms with Crippen LogP contribution in [0.15, 0.2) is 42.5 Å². The van der Waals surface area contributed by atoms with Gasteiger partial charge in [-0.25, -0.2) is 8.78 Å². The maximum absolute atomic E-state index is 13.5. The molecule has 7 heteroatoms. The molecule has 0 aliphatic carbocycles. The van der Waals surface area contributed by atoms with E-state index >= 15 is 0 Å². The number of carbonyl (C=O) groups is 2. The van der Waals surface area contributed by atoms with Gasteiger partial charge in [-0.2, -0.15) is 0 Å². The second kappa shape index (κ2) is 8.40. The van der Waals surface area contributed by atoms with E-state index < -0.39 is 23.6 Å². The van der Waals surface area contributed by atoms with E-state index in [4.69, 9.17) is 21.1 Å². The summed E-state index contributed by atoms with van der Waals surface area (Å²) in [7, 11) is 0. The number of esters is 2. The Hall–Kier alpha value is -2.47. The third kappa shape index (κ3) is 5.31. The van der Waals surface area contributed by atoms with Crippen molar-refractivity contribution in [1.29, 1.82) is 0 Å². The second-order valence-corrected chi connectivity index (χ2v) is 5.22. The molecule has 0 aromatic heterocycles. The number of ether oxygens (including phenoxy) is 2. The molecule has 2 aromatic rings. The summed E-state index contributed by atoms with van der Waals surface area (Å²) in [5.74, 6) is -2.86. The van der Waals surface area contributed by atoms with Crippen molar-refractivity contribution in [2.75, 3.05) is 0 Å². The molecule has 24 heavy (non-hydrogen) atoms. The van der Waals surface area contributed by atoms with Crippen LogP contribution in [-0.4, -0.2) is 11.9 Å². The first-order valence-electron chi connectivity index (χ1n) is 7.06. The van der Waals surface area contributed by atoms with Crippen LogP contribution in [-0.2, 0) is 9.59 Å². The lowest BCUT2D eigenvalue weighted by Gasteiger charge is -2.07. The summed E-state index contributed by atoms with van der Waals surface area (Å²) >= 11 is 5.74. The molecule has 0 atom stereocenters. The Morgan fingerprint density at radius 1 is 0.958 bits per heavy atom. The molecule has 2 aromatic carbocycles. The third-order valence-corrected chi connectivity index (χ3v) is 3.22. The van der Waals surface area contributed by atoms with Crippen LogP contribution in [0, 0.1) is 11.6 Å².